The zero-order valence-electron chi connectivity index (χ0n) is 12.7. The molecule has 1 fully saturated rings. The summed E-state index contributed by atoms with van der Waals surface area (Å²) < 4.78 is 18.7. The van der Waals surface area contributed by atoms with Gasteiger partial charge in [0.2, 0.25) is 0 Å². The standard InChI is InChI=1S/C16H22FNO3/c1-16(2,3)21-15(20)18-8-12(10-19)14(9-18)11-5-4-6-13(17)7-11/h4-7,12,14,19H,8-10H2,1-3H3/t12-,14?/m1/s1. The first-order chi connectivity index (χ1) is 9.80. The molecule has 5 heteroatoms. The number of aliphatic hydroxyl groups excluding tert-OH is 1. The van der Waals surface area contributed by atoms with E-state index >= 15 is 0 Å². The highest BCUT2D eigenvalue weighted by Gasteiger charge is 2.37. The Morgan fingerprint density at radius 3 is 2.71 bits per heavy atom. The Morgan fingerprint density at radius 2 is 2.14 bits per heavy atom. The van der Waals surface area contributed by atoms with Crippen LogP contribution in [0.25, 0.3) is 0 Å². The Kier molecular flexibility index (Phi) is 4.52. The lowest BCUT2D eigenvalue weighted by molar-refractivity contribution is 0.0283. The monoisotopic (exact) mass is 295 g/mol. The minimum atomic E-state index is -0.553. The number of hydrogen-bond donors (Lipinski definition) is 1. The van der Waals surface area contributed by atoms with Crippen LogP contribution in [0.15, 0.2) is 24.3 Å². The molecule has 0 aliphatic carbocycles. The maximum Gasteiger partial charge on any atom is 0.410 e. The number of carbonyl (C=O) groups excluding carboxylic acids is 1. The molecular formula is C16H22FNO3. The van der Waals surface area contributed by atoms with Crippen LogP contribution >= 0.6 is 0 Å². The molecular weight excluding hydrogens is 273 g/mol. The summed E-state index contributed by atoms with van der Waals surface area (Å²) in [7, 11) is 0. The first-order valence-corrected chi connectivity index (χ1v) is 7.14. The highest BCUT2D eigenvalue weighted by atomic mass is 19.1. The normalized spacial score (nSPS) is 22.4. The number of hydrogen-bond acceptors (Lipinski definition) is 3. The Labute approximate surface area is 124 Å². The molecule has 1 amide bonds. The SMILES string of the molecule is CC(C)(C)OC(=O)N1CC(c2cccc(F)c2)[C@@H](CO)C1. The molecule has 1 aliphatic heterocycles. The topological polar surface area (TPSA) is 49.8 Å². The van der Waals surface area contributed by atoms with Gasteiger partial charge in [0.1, 0.15) is 11.4 Å². The summed E-state index contributed by atoms with van der Waals surface area (Å²) in [5.74, 6) is -0.475. The van der Waals surface area contributed by atoms with Crippen LogP contribution in [-0.2, 0) is 4.74 Å². The maximum atomic E-state index is 13.4. The van der Waals surface area contributed by atoms with E-state index in [-0.39, 0.29) is 30.4 Å². The molecule has 1 aromatic carbocycles. The molecule has 0 saturated carbocycles. The average molecular weight is 295 g/mol. The van der Waals surface area contributed by atoms with Crippen LogP contribution in [-0.4, -0.2) is 41.4 Å². The fourth-order valence-electron chi connectivity index (χ4n) is 2.65. The molecule has 1 N–H and O–H groups in total. The predicted molar refractivity (Wildman–Crippen MR) is 77.5 cm³/mol. The predicted octanol–water partition coefficient (Wildman–Crippen LogP) is 2.77. The number of benzene rings is 1. The van der Waals surface area contributed by atoms with E-state index < -0.39 is 5.60 Å². The molecule has 1 unspecified atom stereocenters. The number of nitrogens with zero attached hydrogens (tertiary/aromatic N) is 1. The summed E-state index contributed by atoms with van der Waals surface area (Å²) in [6.45, 7) is 6.26. The Morgan fingerprint density at radius 1 is 1.43 bits per heavy atom. The smallest absolute Gasteiger partial charge is 0.410 e. The summed E-state index contributed by atoms with van der Waals surface area (Å²) in [5, 5.41) is 9.53. The van der Waals surface area contributed by atoms with Gasteiger partial charge in [-0.3, -0.25) is 0 Å². The van der Waals surface area contributed by atoms with Crippen LogP contribution in [0.4, 0.5) is 9.18 Å². The van der Waals surface area contributed by atoms with Gasteiger partial charge in [0.15, 0.2) is 0 Å². The van der Waals surface area contributed by atoms with Gasteiger partial charge in [0.25, 0.3) is 0 Å². The second-order valence-corrected chi connectivity index (χ2v) is 6.49. The van der Waals surface area contributed by atoms with Crippen molar-refractivity contribution in [3.63, 3.8) is 0 Å². The van der Waals surface area contributed by atoms with Gasteiger partial charge in [-0.1, -0.05) is 12.1 Å². The maximum absolute atomic E-state index is 13.4. The van der Waals surface area contributed by atoms with Crippen molar-refractivity contribution in [2.24, 2.45) is 5.92 Å². The second-order valence-electron chi connectivity index (χ2n) is 6.49. The van der Waals surface area contributed by atoms with Crippen LogP contribution in [0.1, 0.15) is 32.3 Å². The number of carbonyl (C=O) groups is 1. The lowest BCUT2D eigenvalue weighted by atomic mass is 9.89. The summed E-state index contributed by atoms with van der Waals surface area (Å²) in [6, 6.07) is 6.33. The zero-order valence-corrected chi connectivity index (χ0v) is 12.7. The van der Waals surface area contributed by atoms with E-state index in [0.717, 1.165) is 5.56 Å². The van der Waals surface area contributed by atoms with Gasteiger partial charge in [-0.2, -0.15) is 0 Å². The van der Waals surface area contributed by atoms with Crippen molar-refractivity contribution in [1.29, 1.82) is 0 Å². The first kappa shape index (κ1) is 15.8. The third kappa shape index (κ3) is 3.94. The molecule has 0 bridgehead atoms. The molecule has 1 aromatic rings. The molecule has 21 heavy (non-hydrogen) atoms. The first-order valence-electron chi connectivity index (χ1n) is 7.14. The van der Waals surface area contributed by atoms with Gasteiger partial charge in [0, 0.05) is 31.5 Å². The number of rotatable bonds is 2. The van der Waals surface area contributed by atoms with E-state index in [2.05, 4.69) is 0 Å². The van der Waals surface area contributed by atoms with E-state index in [1.807, 2.05) is 26.8 Å². The molecule has 2 atom stereocenters. The second kappa shape index (κ2) is 6.02. The Balaban J connectivity index is 2.12. The van der Waals surface area contributed by atoms with Crippen LogP contribution in [0.2, 0.25) is 0 Å². The number of halogens is 1. The van der Waals surface area contributed by atoms with Crippen molar-refractivity contribution in [3.05, 3.63) is 35.6 Å². The molecule has 0 radical (unpaired) electrons. The average Bonchev–Trinajstić information content (AvgIpc) is 2.81. The van der Waals surface area contributed by atoms with Gasteiger partial charge in [0.05, 0.1) is 0 Å². The van der Waals surface area contributed by atoms with Crippen LogP contribution in [0, 0.1) is 11.7 Å². The summed E-state index contributed by atoms with van der Waals surface area (Å²) in [4.78, 5) is 13.7. The molecule has 1 aliphatic rings. The van der Waals surface area contributed by atoms with Crippen LogP contribution in [0.5, 0.6) is 0 Å². The lowest BCUT2D eigenvalue weighted by Crippen LogP contribution is -2.35. The van der Waals surface area contributed by atoms with Gasteiger partial charge < -0.3 is 14.7 Å². The number of amides is 1. The molecule has 1 saturated heterocycles. The van der Waals surface area contributed by atoms with E-state index in [1.54, 1.807) is 11.0 Å². The fourth-order valence-corrected chi connectivity index (χ4v) is 2.65. The van der Waals surface area contributed by atoms with Crippen molar-refractivity contribution < 1.29 is 19.0 Å². The fraction of sp³-hybridized carbons (Fsp3) is 0.562. The largest absolute Gasteiger partial charge is 0.444 e. The van der Waals surface area contributed by atoms with E-state index in [0.29, 0.717) is 13.1 Å². The van der Waals surface area contributed by atoms with E-state index in [9.17, 15) is 14.3 Å². The highest BCUT2D eigenvalue weighted by Crippen LogP contribution is 2.33. The van der Waals surface area contributed by atoms with E-state index in [1.165, 1.54) is 12.1 Å². The van der Waals surface area contributed by atoms with Gasteiger partial charge in [-0.15, -0.1) is 0 Å². The highest BCUT2D eigenvalue weighted by molar-refractivity contribution is 5.68. The molecule has 0 spiro atoms. The number of aliphatic hydroxyl groups is 1. The van der Waals surface area contributed by atoms with Gasteiger partial charge in [-0.05, 0) is 38.5 Å². The van der Waals surface area contributed by atoms with Crippen molar-refractivity contribution >= 4 is 6.09 Å². The summed E-state index contributed by atoms with van der Waals surface area (Å²) in [6.07, 6.45) is -0.389. The third-order valence-electron chi connectivity index (χ3n) is 3.60. The zero-order chi connectivity index (χ0) is 15.6. The van der Waals surface area contributed by atoms with Crippen molar-refractivity contribution in [3.8, 4) is 0 Å². The Hall–Kier alpha value is -1.62. The number of ether oxygens (including phenoxy) is 1. The van der Waals surface area contributed by atoms with Gasteiger partial charge in [-0.25, -0.2) is 9.18 Å². The molecule has 0 aromatic heterocycles. The molecule has 1 heterocycles. The van der Waals surface area contributed by atoms with Gasteiger partial charge >= 0.3 is 6.09 Å². The minimum absolute atomic E-state index is 0.0412. The van der Waals surface area contributed by atoms with E-state index in [4.69, 9.17) is 4.74 Å². The van der Waals surface area contributed by atoms with Crippen molar-refractivity contribution in [1.82, 2.24) is 4.90 Å². The summed E-state index contributed by atoms with van der Waals surface area (Å²) >= 11 is 0. The molecule has 2 rings (SSSR count). The lowest BCUT2D eigenvalue weighted by Gasteiger charge is -2.24. The summed E-state index contributed by atoms with van der Waals surface area (Å²) in [5.41, 5.74) is 0.253. The van der Waals surface area contributed by atoms with Crippen LogP contribution in [0.3, 0.4) is 0 Å². The molecule has 116 valence electrons. The molecule has 4 nitrogen and oxygen atoms in total. The Bertz CT molecular complexity index is 512. The minimum Gasteiger partial charge on any atom is -0.444 e. The van der Waals surface area contributed by atoms with Crippen LogP contribution < -0.4 is 0 Å². The quantitative estimate of drug-likeness (QED) is 0.912. The van der Waals surface area contributed by atoms with Crippen molar-refractivity contribution in [2.45, 2.75) is 32.3 Å². The third-order valence-corrected chi connectivity index (χ3v) is 3.60. The number of likely N-dealkylation sites (tertiary alicyclic amines) is 1. The van der Waals surface area contributed by atoms with Crippen molar-refractivity contribution in [2.75, 3.05) is 19.7 Å².